The number of hydrogen-bond donors (Lipinski definition) is 1. The minimum atomic E-state index is -0.000679. The van der Waals surface area contributed by atoms with E-state index in [1.165, 1.54) is 0 Å². The lowest BCUT2D eigenvalue weighted by Gasteiger charge is -2.21. The molecule has 0 bridgehead atoms. The summed E-state index contributed by atoms with van der Waals surface area (Å²) < 4.78 is 1.03. The van der Waals surface area contributed by atoms with Crippen LogP contribution in [0.15, 0.2) is 36.4 Å². The maximum absolute atomic E-state index is 6.32. The molecule has 0 aromatic heterocycles. The van der Waals surface area contributed by atoms with Crippen molar-refractivity contribution in [2.75, 3.05) is 6.54 Å². The molecule has 0 spiro atoms. The molecule has 1 N–H and O–H groups in total. The monoisotopic (exact) mass is 439 g/mol. The van der Waals surface area contributed by atoms with Crippen LogP contribution in [-0.4, -0.2) is 6.54 Å². The molecule has 2 aromatic rings. The van der Waals surface area contributed by atoms with Gasteiger partial charge in [0.1, 0.15) is 0 Å². The zero-order valence-electron chi connectivity index (χ0n) is 10.8. The first-order valence-electron chi connectivity index (χ1n) is 6.16. The molecule has 106 valence electrons. The van der Waals surface area contributed by atoms with E-state index < -0.39 is 0 Å². The number of benzene rings is 2. The summed E-state index contributed by atoms with van der Waals surface area (Å²) in [4.78, 5) is 0. The average Bonchev–Trinajstić information content (AvgIpc) is 2.40. The molecule has 0 amide bonds. The first kappa shape index (κ1) is 16.4. The van der Waals surface area contributed by atoms with Crippen molar-refractivity contribution in [3.05, 3.63) is 66.2 Å². The summed E-state index contributed by atoms with van der Waals surface area (Å²) in [6, 6.07) is 11.6. The van der Waals surface area contributed by atoms with Crippen LogP contribution in [0.1, 0.15) is 24.1 Å². The molecule has 0 aliphatic rings. The molecule has 0 aliphatic carbocycles. The van der Waals surface area contributed by atoms with Gasteiger partial charge in [0.2, 0.25) is 0 Å². The van der Waals surface area contributed by atoms with Crippen LogP contribution in [0.25, 0.3) is 0 Å². The molecule has 1 unspecified atom stereocenters. The number of rotatable bonds is 4. The summed E-state index contributed by atoms with van der Waals surface area (Å²) in [6.07, 6.45) is 0. The van der Waals surface area contributed by atoms with Gasteiger partial charge in [-0.25, -0.2) is 0 Å². The summed E-state index contributed by atoms with van der Waals surface area (Å²) >= 11 is 20.7. The standard InChI is InChI=1S/C15H13Cl3IN/c1-2-20-15(9-3-6-14(19)13(18)7-9)11-5-4-10(16)8-12(11)17/h3-8,15,20H,2H2,1H3. The molecule has 1 atom stereocenters. The van der Waals surface area contributed by atoms with E-state index in [1.54, 1.807) is 6.07 Å². The Kier molecular flexibility index (Phi) is 5.99. The fourth-order valence-electron chi connectivity index (χ4n) is 2.04. The van der Waals surface area contributed by atoms with Crippen LogP contribution >= 0.6 is 57.4 Å². The number of halogens is 4. The third kappa shape index (κ3) is 3.80. The second-order valence-corrected chi connectivity index (χ2v) is 6.74. The van der Waals surface area contributed by atoms with E-state index in [0.29, 0.717) is 10.0 Å². The molecular formula is C15H13Cl3IN. The summed E-state index contributed by atoms with van der Waals surface area (Å²) in [5, 5.41) is 5.46. The second-order valence-electron chi connectivity index (χ2n) is 4.33. The minimum absolute atomic E-state index is 0.000679. The Morgan fingerprint density at radius 2 is 1.80 bits per heavy atom. The highest BCUT2D eigenvalue weighted by atomic mass is 127. The Bertz CT molecular complexity index is 616. The molecule has 5 heteroatoms. The van der Waals surface area contributed by atoms with Gasteiger partial charge in [-0.15, -0.1) is 0 Å². The highest BCUT2D eigenvalue weighted by molar-refractivity contribution is 14.1. The topological polar surface area (TPSA) is 12.0 Å². The van der Waals surface area contributed by atoms with Crippen molar-refractivity contribution in [1.82, 2.24) is 5.32 Å². The largest absolute Gasteiger partial charge is 0.306 e. The normalized spacial score (nSPS) is 12.4. The maximum atomic E-state index is 6.32. The highest BCUT2D eigenvalue weighted by Crippen LogP contribution is 2.32. The van der Waals surface area contributed by atoms with Crippen molar-refractivity contribution < 1.29 is 0 Å². The third-order valence-electron chi connectivity index (χ3n) is 2.96. The molecular weight excluding hydrogens is 427 g/mol. The van der Waals surface area contributed by atoms with Gasteiger partial charge in [0.15, 0.2) is 0 Å². The maximum Gasteiger partial charge on any atom is 0.0591 e. The predicted octanol–water partition coefficient (Wildman–Crippen LogP) is 5.95. The average molecular weight is 441 g/mol. The van der Waals surface area contributed by atoms with E-state index in [4.69, 9.17) is 34.8 Å². The van der Waals surface area contributed by atoms with E-state index in [9.17, 15) is 0 Å². The molecule has 2 rings (SSSR count). The lowest BCUT2D eigenvalue weighted by molar-refractivity contribution is 0.631. The quantitative estimate of drug-likeness (QED) is 0.580. The Hall–Kier alpha value is -0.000000000000000167. The first-order valence-corrected chi connectivity index (χ1v) is 8.37. The van der Waals surface area contributed by atoms with E-state index in [1.807, 2.05) is 24.3 Å². The summed E-state index contributed by atoms with van der Waals surface area (Å²) in [5.41, 5.74) is 2.08. The van der Waals surface area contributed by atoms with Crippen molar-refractivity contribution in [3.8, 4) is 0 Å². The molecule has 2 aromatic carbocycles. The fourth-order valence-corrected chi connectivity index (χ4v) is 3.08. The van der Waals surface area contributed by atoms with Gasteiger partial charge < -0.3 is 5.32 Å². The summed E-state index contributed by atoms with van der Waals surface area (Å²) in [6.45, 7) is 2.89. The molecule has 0 saturated carbocycles. The molecule has 20 heavy (non-hydrogen) atoms. The van der Waals surface area contributed by atoms with Crippen molar-refractivity contribution in [2.45, 2.75) is 13.0 Å². The van der Waals surface area contributed by atoms with Gasteiger partial charge in [-0.2, -0.15) is 0 Å². The van der Waals surface area contributed by atoms with Gasteiger partial charge in [0, 0.05) is 13.6 Å². The fraction of sp³-hybridized carbons (Fsp3) is 0.200. The van der Waals surface area contributed by atoms with Crippen LogP contribution in [0.2, 0.25) is 15.1 Å². The minimum Gasteiger partial charge on any atom is -0.306 e. The van der Waals surface area contributed by atoms with E-state index in [-0.39, 0.29) is 6.04 Å². The molecule has 0 fully saturated rings. The molecule has 0 radical (unpaired) electrons. The third-order valence-corrected chi connectivity index (χ3v) is 5.09. The van der Waals surface area contributed by atoms with Crippen LogP contribution < -0.4 is 5.32 Å². The van der Waals surface area contributed by atoms with Gasteiger partial charge in [-0.3, -0.25) is 0 Å². The first-order chi connectivity index (χ1) is 9.52. The Labute approximate surface area is 147 Å². The van der Waals surface area contributed by atoms with Gasteiger partial charge in [-0.1, -0.05) is 53.9 Å². The predicted molar refractivity (Wildman–Crippen MR) is 96.2 cm³/mol. The molecule has 1 nitrogen and oxygen atoms in total. The summed E-state index contributed by atoms with van der Waals surface area (Å²) in [5.74, 6) is 0. The lowest BCUT2D eigenvalue weighted by atomic mass is 9.98. The van der Waals surface area contributed by atoms with Crippen molar-refractivity contribution in [3.63, 3.8) is 0 Å². The second kappa shape index (κ2) is 7.32. The number of nitrogens with one attached hydrogen (secondary N) is 1. The van der Waals surface area contributed by atoms with Crippen LogP contribution in [0.4, 0.5) is 0 Å². The van der Waals surface area contributed by atoms with Crippen molar-refractivity contribution in [2.24, 2.45) is 0 Å². The van der Waals surface area contributed by atoms with Crippen molar-refractivity contribution in [1.29, 1.82) is 0 Å². The molecule has 0 saturated heterocycles. The van der Waals surface area contributed by atoms with Gasteiger partial charge in [-0.05, 0) is 64.5 Å². The van der Waals surface area contributed by atoms with Gasteiger partial charge in [0.25, 0.3) is 0 Å². The van der Waals surface area contributed by atoms with Crippen LogP contribution in [0, 0.1) is 3.57 Å². The highest BCUT2D eigenvalue weighted by Gasteiger charge is 2.17. The molecule has 0 heterocycles. The zero-order valence-corrected chi connectivity index (χ0v) is 15.2. The SMILES string of the molecule is CCNC(c1ccc(I)c(Cl)c1)c1ccc(Cl)cc1Cl. The van der Waals surface area contributed by atoms with E-state index >= 15 is 0 Å². The zero-order chi connectivity index (χ0) is 14.7. The number of hydrogen-bond acceptors (Lipinski definition) is 1. The van der Waals surface area contributed by atoms with Gasteiger partial charge >= 0.3 is 0 Å². The van der Waals surface area contributed by atoms with E-state index in [0.717, 1.165) is 26.3 Å². The van der Waals surface area contributed by atoms with Crippen molar-refractivity contribution >= 4 is 57.4 Å². The Morgan fingerprint density at radius 3 is 2.40 bits per heavy atom. The Morgan fingerprint density at radius 1 is 1.05 bits per heavy atom. The van der Waals surface area contributed by atoms with Gasteiger partial charge in [0.05, 0.1) is 11.1 Å². The van der Waals surface area contributed by atoms with Crippen LogP contribution in [0.3, 0.4) is 0 Å². The smallest absolute Gasteiger partial charge is 0.0591 e. The Balaban J connectivity index is 2.47. The lowest BCUT2D eigenvalue weighted by Crippen LogP contribution is -2.22. The van der Waals surface area contributed by atoms with Crippen LogP contribution in [0.5, 0.6) is 0 Å². The molecule has 0 aliphatic heterocycles. The van der Waals surface area contributed by atoms with E-state index in [2.05, 4.69) is 40.9 Å². The summed E-state index contributed by atoms with van der Waals surface area (Å²) in [7, 11) is 0. The van der Waals surface area contributed by atoms with Crippen LogP contribution in [-0.2, 0) is 0 Å².